The topological polar surface area (TPSA) is 58.6 Å². The fourth-order valence-electron chi connectivity index (χ4n) is 0.743. The van der Waals surface area contributed by atoms with Gasteiger partial charge in [-0.1, -0.05) is 16.8 Å². The van der Waals surface area contributed by atoms with Gasteiger partial charge in [-0.3, -0.25) is 0 Å². The largest absolute Gasteiger partial charge is 0.409 e. The van der Waals surface area contributed by atoms with Crippen molar-refractivity contribution in [3.63, 3.8) is 0 Å². The fourth-order valence-corrected chi connectivity index (χ4v) is 1.93. The molecule has 1 aromatic rings. The molecule has 1 rings (SSSR count). The Morgan fingerprint density at radius 2 is 2.45 bits per heavy atom. The monoisotopic (exact) mass is 190 g/mol. The molecule has 0 saturated heterocycles. The molecule has 0 aliphatic carbocycles. The summed E-state index contributed by atoms with van der Waals surface area (Å²) in [6.45, 7) is 1.86. The van der Waals surface area contributed by atoms with Crippen LogP contribution in [0.3, 0.4) is 0 Å². The fraction of sp³-hybridized carbons (Fsp3) is 0.167. The van der Waals surface area contributed by atoms with E-state index >= 15 is 0 Å². The predicted octanol–water partition coefficient (Wildman–Crippen LogP) is 1.80. The Kier molecular flexibility index (Phi) is 2.36. The molecule has 0 aliphatic rings. The average molecular weight is 191 g/mol. The van der Waals surface area contributed by atoms with E-state index in [2.05, 4.69) is 5.16 Å². The van der Waals surface area contributed by atoms with Crippen LogP contribution in [0.15, 0.2) is 11.2 Å². The molecule has 0 unspecified atom stereocenters. The second-order valence-electron chi connectivity index (χ2n) is 2.05. The van der Waals surface area contributed by atoms with Crippen molar-refractivity contribution in [3.8, 4) is 0 Å². The van der Waals surface area contributed by atoms with E-state index in [1.54, 1.807) is 6.07 Å². The highest BCUT2D eigenvalue weighted by atomic mass is 35.5. The minimum absolute atomic E-state index is 0.111. The van der Waals surface area contributed by atoms with Crippen LogP contribution in [0.1, 0.15) is 10.4 Å². The van der Waals surface area contributed by atoms with Gasteiger partial charge in [-0.2, -0.15) is 0 Å². The maximum Gasteiger partial charge on any atom is 0.180 e. The van der Waals surface area contributed by atoms with Crippen molar-refractivity contribution in [3.05, 3.63) is 20.8 Å². The molecule has 3 N–H and O–H groups in total. The number of thiophene rings is 1. The number of hydrogen-bond donors (Lipinski definition) is 2. The molecule has 0 aromatic carbocycles. The van der Waals surface area contributed by atoms with Gasteiger partial charge in [0.1, 0.15) is 0 Å². The molecule has 5 heteroatoms. The van der Waals surface area contributed by atoms with Gasteiger partial charge >= 0.3 is 0 Å². The summed E-state index contributed by atoms with van der Waals surface area (Å²) in [4.78, 5) is 0.720. The quantitative estimate of drug-likeness (QED) is 0.307. The third-order valence-electron chi connectivity index (χ3n) is 1.23. The lowest BCUT2D eigenvalue weighted by Gasteiger charge is -1.92. The Morgan fingerprint density at radius 1 is 1.82 bits per heavy atom. The molecule has 0 saturated carbocycles. The SMILES string of the molecule is Cc1cc(Cl)sc1/C(N)=N\O. The number of rotatable bonds is 1. The molecule has 3 nitrogen and oxygen atoms in total. The summed E-state index contributed by atoms with van der Waals surface area (Å²) in [6.07, 6.45) is 0. The maximum atomic E-state index is 8.35. The van der Waals surface area contributed by atoms with Crippen LogP contribution in [-0.2, 0) is 0 Å². The van der Waals surface area contributed by atoms with Crippen LogP contribution in [0.5, 0.6) is 0 Å². The molecule has 0 fully saturated rings. The van der Waals surface area contributed by atoms with Gasteiger partial charge in [0.2, 0.25) is 0 Å². The zero-order chi connectivity index (χ0) is 8.43. The van der Waals surface area contributed by atoms with Gasteiger partial charge < -0.3 is 10.9 Å². The molecular formula is C6H7ClN2OS. The summed E-state index contributed by atoms with van der Waals surface area (Å²) >= 11 is 6.99. The van der Waals surface area contributed by atoms with Crippen molar-refractivity contribution in [1.29, 1.82) is 0 Å². The normalized spacial score (nSPS) is 12.0. The number of nitrogens with two attached hydrogens (primary N) is 1. The van der Waals surface area contributed by atoms with Crippen molar-refractivity contribution in [1.82, 2.24) is 0 Å². The number of hydrogen-bond acceptors (Lipinski definition) is 3. The van der Waals surface area contributed by atoms with Crippen LogP contribution in [0.4, 0.5) is 0 Å². The zero-order valence-electron chi connectivity index (χ0n) is 5.84. The van der Waals surface area contributed by atoms with E-state index in [1.807, 2.05) is 6.92 Å². The Morgan fingerprint density at radius 3 is 2.82 bits per heavy atom. The third-order valence-corrected chi connectivity index (χ3v) is 2.62. The summed E-state index contributed by atoms with van der Waals surface area (Å²) in [6, 6.07) is 1.78. The van der Waals surface area contributed by atoms with E-state index in [4.69, 9.17) is 22.5 Å². The van der Waals surface area contributed by atoms with E-state index in [-0.39, 0.29) is 5.84 Å². The summed E-state index contributed by atoms with van der Waals surface area (Å²) < 4.78 is 0.643. The Labute approximate surface area is 73.1 Å². The maximum absolute atomic E-state index is 8.35. The Balaban J connectivity index is 3.13. The summed E-state index contributed by atoms with van der Waals surface area (Å²) in [5.41, 5.74) is 6.29. The highest BCUT2D eigenvalue weighted by Gasteiger charge is 2.07. The number of halogens is 1. The number of amidine groups is 1. The highest BCUT2D eigenvalue weighted by molar-refractivity contribution is 7.18. The first-order chi connectivity index (χ1) is 5.15. The van der Waals surface area contributed by atoms with E-state index < -0.39 is 0 Å². The number of aryl methyl sites for hydroxylation is 1. The number of oxime groups is 1. The standard InChI is InChI=1S/C6H7ClN2OS/c1-3-2-4(7)11-5(3)6(8)9-10/h2,10H,1H3,(H2,8,9). The van der Waals surface area contributed by atoms with Gasteiger partial charge in [-0.05, 0) is 18.6 Å². The van der Waals surface area contributed by atoms with Crippen LogP contribution in [0, 0.1) is 6.92 Å². The molecule has 0 spiro atoms. The number of nitrogens with zero attached hydrogens (tertiary/aromatic N) is 1. The lowest BCUT2D eigenvalue weighted by Crippen LogP contribution is -2.12. The van der Waals surface area contributed by atoms with E-state index in [1.165, 1.54) is 11.3 Å². The lowest BCUT2D eigenvalue weighted by atomic mass is 10.3. The van der Waals surface area contributed by atoms with Gasteiger partial charge in [0.25, 0.3) is 0 Å². The first-order valence-corrected chi connectivity index (χ1v) is 4.08. The van der Waals surface area contributed by atoms with Crippen molar-refractivity contribution in [2.45, 2.75) is 6.92 Å². The van der Waals surface area contributed by atoms with Gasteiger partial charge in [0.15, 0.2) is 5.84 Å². The molecule has 1 heterocycles. The minimum Gasteiger partial charge on any atom is -0.409 e. The van der Waals surface area contributed by atoms with E-state index in [9.17, 15) is 0 Å². The minimum atomic E-state index is 0.111. The second-order valence-corrected chi connectivity index (χ2v) is 3.73. The third kappa shape index (κ3) is 1.64. The van der Waals surface area contributed by atoms with Crippen molar-refractivity contribution >= 4 is 28.8 Å². The van der Waals surface area contributed by atoms with Crippen molar-refractivity contribution in [2.75, 3.05) is 0 Å². The Bertz CT molecular complexity index is 295. The lowest BCUT2D eigenvalue weighted by molar-refractivity contribution is 0.319. The average Bonchev–Trinajstić information content (AvgIpc) is 2.28. The van der Waals surface area contributed by atoms with E-state index in [0.29, 0.717) is 4.34 Å². The first-order valence-electron chi connectivity index (χ1n) is 2.89. The Hall–Kier alpha value is -0.740. The molecule has 1 aromatic heterocycles. The van der Waals surface area contributed by atoms with Crippen LogP contribution >= 0.6 is 22.9 Å². The van der Waals surface area contributed by atoms with E-state index in [0.717, 1.165) is 10.4 Å². The van der Waals surface area contributed by atoms with Gasteiger partial charge in [-0.25, -0.2) is 0 Å². The van der Waals surface area contributed by atoms with Crippen LogP contribution < -0.4 is 5.73 Å². The van der Waals surface area contributed by atoms with Crippen LogP contribution in [0.25, 0.3) is 0 Å². The van der Waals surface area contributed by atoms with Crippen molar-refractivity contribution in [2.24, 2.45) is 10.9 Å². The highest BCUT2D eigenvalue weighted by Crippen LogP contribution is 2.25. The van der Waals surface area contributed by atoms with Gasteiger partial charge in [0.05, 0.1) is 9.21 Å². The summed E-state index contributed by atoms with van der Waals surface area (Å²) in [7, 11) is 0. The predicted molar refractivity (Wildman–Crippen MR) is 46.6 cm³/mol. The molecule has 0 aliphatic heterocycles. The summed E-state index contributed by atoms with van der Waals surface area (Å²) in [5.74, 6) is 0.111. The molecule has 0 amide bonds. The molecule has 60 valence electrons. The molecule has 0 atom stereocenters. The smallest absolute Gasteiger partial charge is 0.180 e. The molecule has 0 bridgehead atoms. The first kappa shape index (κ1) is 8.36. The van der Waals surface area contributed by atoms with Crippen LogP contribution in [-0.4, -0.2) is 11.0 Å². The van der Waals surface area contributed by atoms with Crippen molar-refractivity contribution < 1.29 is 5.21 Å². The molecular weight excluding hydrogens is 184 g/mol. The molecule has 0 radical (unpaired) electrons. The second kappa shape index (κ2) is 3.11. The van der Waals surface area contributed by atoms with Crippen LogP contribution in [0.2, 0.25) is 4.34 Å². The molecule has 11 heavy (non-hydrogen) atoms. The van der Waals surface area contributed by atoms with Gasteiger partial charge in [0, 0.05) is 0 Å². The summed E-state index contributed by atoms with van der Waals surface area (Å²) in [5, 5.41) is 11.2. The van der Waals surface area contributed by atoms with Gasteiger partial charge in [-0.15, -0.1) is 11.3 Å². The zero-order valence-corrected chi connectivity index (χ0v) is 7.41.